The lowest BCUT2D eigenvalue weighted by Crippen LogP contribution is -2.41. The molecule has 0 aliphatic rings. The Hall–Kier alpha value is -3.09. The van der Waals surface area contributed by atoms with Gasteiger partial charge >= 0.3 is 0 Å². The number of carbonyl (C=O) groups excluding carboxylic acids is 1. The smallest absolute Gasteiger partial charge is 0.243 e. The number of aryl methyl sites for hydroxylation is 1. The van der Waals surface area contributed by atoms with E-state index in [2.05, 4.69) is 25.9 Å². The summed E-state index contributed by atoms with van der Waals surface area (Å²) in [7, 11) is 1.50. The second-order valence-corrected chi connectivity index (χ2v) is 6.56. The number of hydrogen-bond acceptors (Lipinski definition) is 4. The first-order valence-corrected chi connectivity index (χ1v) is 9.26. The summed E-state index contributed by atoms with van der Waals surface area (Å²) in [5, 5.41) is 7.85. The standard InChI is InChI=1S/C21H20F3N5O2.HI/c1-12-3-5-13(6-4-12)20-28-14(11-31-20)9-26-21(25-2)27-10-17(30)29-16-8-7-15(22)18(23)19(16)24;/h3-8,11H,9-10H2,1-2H3,(H,29,30)(H2,25,26,27);1H. The molecule has 11 heteroatoms. The number of amides is 1. The van der Waals surface area contributed by atoms with E-state index < -0.39 is 29.0 Å². The number of hydrogen-bond donors (Lipinski definition) is 3. The Balaban J connectivity index is 0.00000363. The van der Waals surface area contributed by atoms with Gasteiger partial charge in [0.2, 0.25) is 11.8 Å². The molecule has 0 aliphatic heterocycles. The topological polar surface area (TPSA) is 91.5 Å². The quantitative estimate of drug-likeness (QED) is 0.184. The van der Waals surface area contributed by atoms with Gasteiger partial charge in [-0.05, 0) is 31.2 Å². The Morgan fingerprint density at radius 3 is 2.47 bits per heavy atom. The maximum absolute atomic E-state index is 13.6. The molecule has 0 fully saturated rings. The maximum Gasteiger partial charge on any atom is 0.243 e. The van der Waals surface area contributed by atoms with Crippen molar-refractivity contribution in [2.75, 3.05) is 18.9 Å². The highest BCUT2D eigenvalue weighted by Gasteiger charge is 2.15. The zero-order valence-electron chi connectivity index (χ0n) is 17.2. The van der Waals surface area contributed by atoms with Gasteiger partial charge in [0.25, 0.3) is 0 Å². The van der Waals surface area contributed by atoms with E-state index in [-0.39, 0.29) is 43.0 Å². The molecule has 0 spiro atoms. The SMILES string of the molecule is CN=C(NCC(=O)Nc1ccc(F)c(F)c1F)NCc1coc(-c2ccc(C)cc2)n1.I. The number of nitrogens with one attached hydrogen (secondary N) is 3. The number of guanidine groups is 1. The van der Waals surface area contributed by atoms with E-state index in [1.807, 2.05) is 31.2 Å². The van der Waals surface area contributed by atoms with Gasteiger partial charge < -0.3 is 20.4 Å². The number of carbonyl (C=O) groups is 1. The van der Waals surface area contributed by atoms with E-state index in [4.69, 9.17) is 4.42 Å². The monoisotopic (exact) mass is 559 g/mol. The fourth-order valence-corrected chi connectivity index (χ4v) is 2.59. The van der Waals surface area contributed by atoms with E-state index >= 15 is 0 Å². The molecule has 0 aliphatic carbocycles. The van der Waals surface area contributed by atoms with Crippen molar-refractivity contribution in [3.8, 4) is 11.5 Å². The number of aromatic nitrogens is 1. The molecule has 3 rings (SSSR count). The van der Waals surface area contributed by atoms with Crippen molar-refractivity contribution in [3.63, 3.8) is 0 Å². The third-order valence-electron chi connectivity index (χ3n) is 4.24. The zero-order chi connectivity index (χ0) is 22.4. The van der Waals surface area contributed by atoms with E-state index in [9.17, 15) is 18.0 Å². The minimum Gasteiger partial charge on any atom is -0.444 e. The minimum absolute atomic E-state index is 0. The molecule has 1 heterocycles. The van der Waals surface area contributed by atoms with Crippen molar-refractivity contribution in [2.24, 2.45) is 4.99 Å². The van der Waals surface area contributed by atoms with Gasteiger partial charge in [0, 0.05) is 12.6 Å². The summed E-state index contributed by atoms with van der Waals surface area (Å²) in [6.07, 6.45) is 1.51. The van der Waals surface area contributed by atoms with Crippen LogP contribution in [0, 0.1) is 24.4 Å². The van der Waals surface area contributed by atoms with Gasteiger partial charge in [0.05, 0.1) is 24.5 Å². The van der Waals surface area contributed by atoms with Crippen LogP contribution in [0.5, 0.6) is 0 Å². The molecular weight excluding hydrogens is 538 g/mol. The van der Waals surface area contributed by atoms with Crippen molar-refractivity contribution in [1.82, 2.24) is 15.6 Å². The van der Waals surface area contributed by atoms with Gasteiger partial charge in [-0.1, -0.05) is 17.7 Å². The highest BCUT2D eigenvalue weighted by Crippen LogP contribution is 2.20. The maximum atomic E-state index is 13.6. The van der Waals surface area contributed by atoms with Gasteiger partial charge in [0.15, 0.2) is 23.4 Å². The first kappa shape index (κ1) is 25.2. The predicted molar refractivity (Wildman–Crippen MR) is 125 cm³/mol. The van der Waals surface area contributed by atoms with Crippen LogP contribution in [0.15, 0.2) is 52.1 Å². The Kier molecular flexibility index (Phi) is 9.05. The van der Waals surface area contributed by atoms with Gasteiger partial charge in [-0.25, -0.2) is 18.2 Å². The molecule has 1 aromatic heterocycles. The van der Waals surface area contributed by atoms with Crippen LogP contribution >= 0.6 is 24.0 Å². The molecule has 0 unspecified atom stereocenters. The lowest BCUT2D eigenvalue weighted by molar-refractivity contribution is -0.115. The third kappa shape index (κ3) is 6.45. The Morgan fingerprint density at radius 1 is 1.06 bits per heavy atom. The van der Waals surface area contributed by atoms with Crippen molar-refractivity contribution in [2.45, 2.75) is 13.5 Å². The van der Waals surface area contributed by atoms with Crippen molar-refractivity contribution >= 4 is 41.5 Å². The fraction of sp³-hybridized carbons (Fsp3) is 0.190. The number of anilines is 1. The summed E-state index contributed by atoms with van der Waals surface area (Å²) < 4.78 is 45.3. The third-order valence-corrected chi connectivity index (χ3v) is 4.24. The lowest BCUT2D eigenvalue weighted by atomic mass is 10.1. The molecule has 0 bridgehead atoms. The molecule has 3 N–H and O–H groups in total. The van der Waals surface area contributed by atoms with E-state index in [0.29, 0.717) is 11.6 Å². The van der Waals surface area contributed by atoms with Crippen molar-refractivity contribution < 1.29 is 22.4 Å². The average Bonchev–Trinajstić information content (AvgIpc) is 3.24. The van der Waals surface area contributed by atoms with Crippen LogP contribution in [0.1, 0.15) is 11.3 Å². The molecule has 1 amide bonds. The number of nitrogens with zero attached hydrogens (tertiary/aromatic N) is 2. The summed E-state index contributed by atoms with van der Waals surface area (Å²) in [6, 6.07) is 9.40. The summed E-state index contributed by atoms with van der Waals surface area (Å²) in [6.45, 7) is 1.97. The number of benzene rings is 2. The van der Waals surface area contributed by atoms with Crippen LogP contribution in [-0.2, 0) is 11.3 Å². The molecule has 2 aromatic carbocycles. The van der Waals surface area contributed by atoms with Crippen LogP contribution in [0.4, 0.5) is 18.9 Å². The van der Waals surface area contributed by atoms with Gasteiger partial charge in [-0.2, -0.15) is 0 Å². The van der Waals surface area contributed by atoms with Gasteiger partial charge in [-0.3, -0.25) is 9.79 Å². The molecule has 0 atom stereocenters. The lowest BCUT2D eigenvalue weighted by Gasteiger charge is -2.11. The summed E-state index contributed by atoms with van der Waals surface area (Å²) in [4.78, 5) is 20.3. The largest absolute Gasteiger partial charge is 0.444 e. The number of halogens is 4. The highest BCUT2D eigenvalue weighted by atomic mass is 127. The van der Waals surface area contributed by atoms with E-state index in [1.165, 1.54) is 13.3 Å². The average molecular weight is 559 g/mol. The summed E-state index contributed by atoms with van der Waals surface area (Å²) in [5.41, 5.74) is 2.13. The normalized spacial score (nSPS) is 11.0. The Morgan fingerprint density at radius 2 is 1.78 bits per heavy atom. The van der Waals surface area contributed by atoms with Crippen LogP contribution in [0.25, 0.3) is 11.5 Å². The highest BCUT2D eigenvalue weighted by molar-refractivity contribution is 14.0. The molecule has 170 valence electrons. The van der Waals surface area contributed by atoms with Gasteiger partial charge in [-0.15, -0.1) is 24.0 Å². The molecule has 32 heavy (non-hydrogen) atoms. The molecule has 3 aromatic rings. The molecule has 0 saturated carbocycles. The Bertz CT molecular complexity index is 1100. The first-order chi connectivity index (χ1) is 14.9. The van der Waals surface area contributed by atoms with Crippen LogP contribution < -0.4 is 16.0 Å². The van der Waals surface area contributed by atoms with Crippen molar-refractivity contribution in [3.05, 3.63) is 71.4 Å². The fourth-order valence-electron chi connectivity index (χ4n) is 2.59. The first-order valence-electron chi connectivity index (χ1n) is 9.26. The molecule has 0 saturated heterocycles. The second-order valence-electron chi connectivity index (χ2n) is 6.56. The summed E-state index contributed by atoms with van der Waals surface area (Å²) in [5.74, 6) is -4.37. The second kappa shape index (κ2) is 11.5. The van der Waals surface area contributed by atoms with E-state index in [0.717, 1.165) is 23.3 Å². The molecular formula is C21H21F3IN5O2. The van der Waals surface area contributed by atoms with Crippen LogP contribution in [0.3, 0.4) is 0 Å². The number of aliphatic imine (C=N–C) groups is 1. The summed E-state index contributed by atoms with van der Waals surface area (Å²) >= 11 is 0. The van der Waals surface area contributed by atoms with Crippen LogP contribution in [0.2, 0.25) is 0 Å². The zero-order valence-corrected chi connectivity index (χ0v) is 19.5. The van der Waals surface area contributed by atoms with E-state index in [1.54, 1.807) is 0 Å². The van der Waals surface area contributed by atoms with Gasteiger partial charge in [0.1, 0.15) is 6.26 Å². The van der Waals surface area contributed by atoms with Crippen molar-refractivity contribution in [1.29, 1.82) is 0 Å². The number of oxazole rings is 1. The predicted octanol–water partition coefficient (Wildman–Crippen LogP) is 3.99. The van der Waals surface area contributed by atoms with Crippen LogP contribution in [-0.4, -0.2) is 30.4 Å². The molecule has 0 radical (unpaired) electrons. The number of rotatable bonds is 6. The molecule has 7 nitrogen and oxygen atoms in total. The Labute approximate surface area is 199 Å². The minimum atomic E-state index is -1.65.